The van der Waals surface area contributed by atoms with Gasteiger partial charge in [0.15, 0.2) is 5.13 Å². The summed E-state index contributed by atoms with van der Waals surface area (Å²) >= 11 is 1.46. The van der Waals surface area contributed by atoms with Gasteiger partial charge in [-0.1, -0.05) is 29.5 Å². The molecule has 0 aliphatic carbocycles. The van der Waals surface area contributed by atoms with Crippen LogP contribution in [0, 0.1) is 13.8 Å². The second-order valence-electron chi connectivity index (χ2n) is 4.86. The Balaban J connectivity index is 1.72. The monoisotopic (exact) mass is 297 g/mol. The maximum absolute atomic E-state index is 12.0. The van der Waals surface area contributed by atoms with Crippen LogP contribution in [0.5, 0.6) is 0 Å². The summed E-state index contributed by atoms with van der Waals surface area (Å²) in [5.74, 6) is 0. The number of fused-ring (bicyclic) bond motifs is 1. The molecule has 0 fully saturated rings. The number of carbonyl (C=O) groups excluding carboxylic acids is 1. The first-order chi connectivity index (χ1) is 10.1. The Labute approximate surface area is 126 Å². The molecule has 3 aromatic rings. The van der Waals surface area contributed by atoms with Gasteiger partial charge >= 0.3 is 6.03 Å². The predicted molar refractivity (Wildman–Crippen MR) is 88.2 cm³/mol. The number of para-hydroxylation sites is 1. The van der Waals surface area contributed by atoms with Crippen molar-refractivity contribution < 1.29 is 4.79 Å². The number of rotatable bonds is 2. The van der Waals surface area contributed by atoms with E-state index in [9.17, 15) is 4.79 Å². The van der Waals surface area contributed by atoms with Gasteiger partial charge in [-0.25, -0.2) is 9.78 Å². The maximum atomic E-state index is 12.0. The Bertz CT molecular complexity index is 777. The van der Waals surface area contributed by atoms with Crippen LogP contribution in [0.3, 0.4) is 0 Å². The third-order valence-corrected chi connectivity index (χ3v) is 4.23. The summed E-state index contributed by atoms with van der Waals surface area (Å²) in [7, 11) is 0. The van der Waals surface area contributed by atoms with Crippen molar-refractivity contribution in [3.8, 4) is 0 Å². The van der Waals surface area contributed by atoms with Crippen molar-refractivity contribution in [1.82, 2.24) is 4.98 Å². The molecule has 0 bridgehead atoms. The molecule has 2 amide bonds. The van der Waals surface area contributed by atoms with Crippen LogP contribution in [0.1, 0.15) is 11.1 Å². The summed E-state index contributed by atoms with van der Waals surface area (Å²) in [4.78, 5) is 16.4. The average molecular weight is 297 g/mol. The lowest BCUT2D eigenvalue weighted by molar-refractivity contribution is 0.262. The number of aromatic nitrogens is 1. The highest BCUT2D eigenvalue weighted by Gasteiger charge is 2.07. The van der Waals surface area contributed by atoms with Crippen LogP contribution in [-0.4, -0.2) is 11.0 Å². The molecule has 0 saturated carbocycles. The van der Waals surface area contributed by atoms with Crippen LogP contribution in [-0.2, 0) is 0 Å². The van der Waals surface area contributed by atoms with E-state index in [1.165, 1.54) is 16.9 Å². The van der Waals surface area contributed by atoms with Crippen LogP contribution in [0.25, 0.3) is 10.2 Å². The van der Waals surface area contributed by atoms with E-state index >= 15 is 0 Å². The van der Waals surface area contributed by atoms with Gasteiger partial charge in [-0.2, -0.15) is 0 Å². The summed E-state index contributed by atoms with van der Waals surface area (Å²) in [6.07, 6.45) is 0. The molecule has 2 N–H and O–H groups in total. The number of hydrogen-bond acceptors (Lipinski definition) is 3. The largest absolute Gasteiger partial charge is 0.325 e. The summed E-state index contributed by atoms with van der Waals surface area (Å²) in [5, 5.41) is 6.19. The number of benzene rings is 2. The summed E-state index contributed by atoms with van der Waals surface area (Å²) in [5.41, 5.74) is 4.01. The molecule has 106 valence electrons. The van der Waals surface area contributed by atoms with E-state index < -0.39 is 0 Å². The topological polar surface area (TPSA) is 54.0 Å². The fourth-order valence-corrected chi connectivity index (χ4v) is 2.87. The lowest BCUT2D eigenvalue weighted by Crippen LogP contribution is -2.19. The van der Waals surface area contributed by atoms with Crippen molar-refractivity contribution in [2.24, 2.45) is 0 Å². The zero-order valence-electron chi connectivity index (χ0n) is 11.8. The third kappa shape index (κ3) is 3.03. The Kier molecular flexibility index (Phi) is 3.58. The molecule has 0 radical (unpaired) electrons. The second kappa shape index (κ2) is 5.54. The van der Waals surface area contributed by atoms with Gasteiger partial charge in [0, 0.05) is 5.69 Å². The van der Waals surface area contributed by atoms with Crippen LogP contribution < -0.4 is 10.6 Å². The van der Waals surface area contributed by atoms with Gasteiger partial charge in [-0.05, 0) is 49.2 Å². The third-order valence-electron chi connectivity index (χ3n) is 3.28. The minimum atomic E-state index is -0.280. The SMILES string of the molecule is Cc1ccc(NC(=O)Nc2nc3ccccc3s2)cc1C. The zero-order chi connectivity index (χ0) is 14.8. The van der Waals surface area contributed by atoms with Gasteiger partial charge in [0.05, 0.1) is 10.2 Å². The maximum Gasteiger partial charge on any atom is 0.325 e. The molecule has 0 unspecified atom stereocenters. The average Bonchev–Trinajstić information content (AvgIpc) is 2.84. The molecule has 0 aliphatic rings. The molecule has 0 aliphatic heterocycles. The zero-order valence-corrected chi connectivity index (χ0v) is 12.6. The van der Waals surface area contributed by atoms with Crippen LogP contribution >= 0.6 is 11.3 Å². The highest BCUT2D eigenvalue weighted by molar-refractivity contribution is 7.22. The Hall–Kier alpha value is -2.40. The van der Waals surface area contributed by atoms with E-state index in [1.807, 2.05) is 56.3 Å². The number of aryl methyl sites for hydroxylation is 2. The van der Waals surface area contributed by atoms with Crippen molar-refractivity contribution in [2.75, 3.05) is 10.6 Å². The van der Waals surface area contributed by atoms with Crippen molar-refractivity contribution >= 4 is 38.4 Å². The van der Waals surface area contributed by atoms with Crippen molar-refractivity contribution in [2.45, 2.75) is 13.8 Å². The Morgan fingerprint density at radius 3 is 2.62 bits per heavy atom. The number of nitrogens with one attached hydrogen (secondary N) is 2. The number of hydrogen-bond donors (Lipinski definition) is 2. The lowest BCUT2D eigenvalue weighted by Gasteiger charge is -2.07. The van der Waals surface area contributed by atoms with Gasteiger partial charge in [0.25, 0.3) is 0 Å². The molecule has 5 heteroatoms. The van der Waals surface area contributed by atoms with Gasteiger partial charge < -0.3 is 5.32 Å². The number of thiazole rings is 1. The molecule has 0 spiro atoms. The van der Waals surface area contributed by atoms with Crippen molar-refractivity contribution in [3.05, 3.63) is 53.6 Å². The molecule has 4 nitrogen and oxygen atoms in total. The fourth-order valence-electron chi connectivity index (χ4n) is 2.00. The van der Waals surface area contributed by atoms with E-state index in [1.54, 1.807) is 0 Å². The van der Waals surface area contributed by atoms with E-state index in [0.29, 0.717) is 5.13 Å². The Morgan fingerprint density at radius 1 is 1.05 bits per heavy atom. The van der Waals surface area contributed by atoms with E-state index in [0.717, 1.165) is 21.5 Å². The molecule has 1 heterocycles. The van der Waals surface area contributed by atoms with E-state index in [-0.39, 0.29) is 6.03 Å². The lowest BCUT2D eigenvalue weighted by atomic mass is 10.1. The quantitative estimate of drug-likeness (QED) is 0.728. The molecule has 3 rings (SSSR count). The minimum Gasteiger partial charge on any atom is -0.308 e. The summed E-state index contributed by atoms with van der Waals surface area (Å²) in [6.45, 7) is 4.06. The molecule has 0 saturated heterocycles. The normalized spacial score (nSPS) is 10.6. The molecular formula is C16H15N3OS. The first-order valence-corrected chi connectivity index (χ1v) is 7.44. The number of nitrogens with zero attached hydrogens (tertiary/aromatic N) is 1. The first kappa shape index (κ1) is 13.6. The number of carbonyl (C=O) groups is 1. The summed E-state index contributed by atoms with van der Waals surface area (Å²) in [6, 6.07) is 13.4. The van der Waals surface area contributed by atoms with Gasteiger partial charge in [0.2, 0.25) is 0 Å². The first-order valence-electron chi connectivity index (χ1n) is 6.62. The molecule has 2 aromatic carbocycles. The summed E-state index contributed by atoms with van der Waals surface area (Å²) < 4.78 is 1.05. The number of anilines is 2. The van der Waals surface area contributed by atoms with Crippen molar-refractivity contribution in [3.63, 3.8) is 0 Å². The fraction of sp³-hybridized carbons (Fsp3) is 0.125. The highest BCUT2D eigenvalue weighted by Crippen LogP contribution is 2.25. The smallest absolute Gasteiger partial charge is 0.308 e. The van der Waals surface area contributed by atoms with Gasteiger partial charge in [0.1, 0.15) is 0 Å². The van der Waals surface area contributed by atoms with E-state index in [2.05, 4.69) is 15.6 Å². The second-order valence-corrected chi connectivity index (χ2v) is 5.90. The van der Waals surface area contributed by atoms with Crippen LogP contribution in [0.15, 0.2) is 42.5 Å². The standard InChI is InChI=1S/C16H15N3OS/c1-10-7-8-12(9-11(10)2)17-15(20)19-16-18-13-5-3-4-6-14(13)21-16/h3-9H,1-2H3,(H2,17,18,19,20). The van der Waals surface area contributed by atoms with Gasteiger partial charge in [-0.15, -0.1) is 0 Å². The molecule has 21 heavy (non-hydrogen) atoms. The van der Waals surface area contributed by atoms with Crippen molar-refractivity contribution in [1.29, 1.82) is 0 Å². The highest BCUT2D eigenvalue weighted by atomic mass is 32.1. The minimum absolute atomic E-state index is 0.280. The van der Waals surface area contributed by atoms with Crippen LogP contribution in [0.4, 0.5) is 15.6 Å². The van der Waals surface area contributed by atoms with E-state index in [4.69, 9.17) is 0 Å². The molecule has 1 aromatic heterocycles. The van der Waals surface area contributed by atoms with Crippen LogP contribution in [0.2, 0.25) is 0 Å². The Morgan fingerprint density at radius 2 is 1.86 bits per heavy atom. The predicted octanol–water partition coefficient (Wildman–Crippen LogP) is 4.56. The molecular weight excluding hydrogens is 282 g/mol. The number of urea groups is 1. The molecule has 0 atom stereocenters. The number of amides is 2. The van der Waals surface area contributed by atoms with Gasteiger partial charge in [-0.3, -0.25) is 5.32 Å².